The van der Waals surface area contributed by atoms with E-state index in [0.29, 0.717) is 11.4 Å². The Balaban J connectivity index is 1.71. The zero-order chi connectivity index (χ0) is 26.6. The lowest BCUT2D eigenvalue weighted by Gasteiger charge is -2.28. The van der Waals surface area contributed by atoms with Crippen LogP contribution < -0.4 is 15.5 Å². The molecule has 4 rings (SSSR count). The quantitative estimate of drug-likeness (QED) is 0.521. The van der Waals surface area contributed by atoms with Crippen molar-refractivity contribution in [1.29, 1.82) is 0 Å². The second kappa shape index (κ2) is 11.2. The summed E-state index contributed by atoms with van der Waals surface area (Å²) in [6, 6.07) is 14.5. The predicted molar refractivity (Wildman–Crippen MR) is 148 cm³/mol. The third-order valence-electron chi connectivity index (χ3n) is 7.04. The first kappa shape index (κ1) is 26.4. The number of hydrogen-bond donors (Lipinski definition) is 2. The summed E-state index contributed by atoms with van der Waals surface area (Å²) in [6.45, 7) is 5.18. The molecule has 8 nitrogen and oxygen atoms in total. The van der Waals surface area contributed by atoms with E-state index in [0.717, 1.165) is 42.6 Å². The number of hydrazone groups is 1. The maximum atomic E-state index is 13.9. The van der Waals surface area contributed by atoms with Gasteiger partial charge in [0.05, 0.1) is 29.3 Å². The minimum atomic E-state index is -0.617. The Labute approximate surface area is 219 Å². The summed E-state index contributed by atoms with van der Waals surface area (Å²) in [5.74, 6) is -0.239. The summed E-state index contributed by atoms with van der Waals surface area (Å²) < 4.78 is 0. The lowest BCUT2D eigenvalue weighted by molar-refractivity contribution is -0.124. The van der Waals surface area contributed by atoms with Gasteiger partial charge in [-0.3, -0.25) is 14.5 Å². The number of para-hydroxylation sites is 3. The van der Waals surface area contributed by atoms with Crippen LogP contribution in [0.4, 0.5) is 21.9 Å². The highest BCUT2D eigenvalue weighted by Crippen LogP contribution is 2.34. The van der Waals surface area contributed by atoms with Crippen molar-refractivity contribution in [3.63, 3.8) is 0 Å². The monoisotopic (exact) mass is 503 g/mol. The van der Waals surface area contributed by atoms with Gasteiger partial charge in [-0.25, -0.2) is 9.80 Å². The number of fused-ring (bicyclic) bond motifs is 1. The van der Waals surface area contributed by atoms with Crippen molar-refractivity contribution in [1.82, 2.24) is 5.01 Å². The predicted octanol–water partition coefficient (Wildman–Crippen LogP) is 5.51. The number of ketones is 1. The Hall–Kier alpha value is -3.68. The molecule has 196 valence electrons. The molecule has 0 saturated heterocycles. The highest BCUT2D eigenvalue weighted by molar-refractivity contribution is 6.13. The SMILES string of the molecule is CNc1ccccc1NC(=O)CN1N=C(C2CCCCC2)c2ccccc2N(CC(=O)C(C)(C)C)C1=O. The van der Waals surface area contributed by atoms with Gasteiger partial charge in [-0.05, 0) is 31.0 Å². The maximum Gasteiger partial charge on any atom is 0.345 e. The van der Waals surface area contributed by atoms with Crippen LogP contribution in [0.1, 0.15) is 58.4 Å². The average Bonchev–Trinajstić information content (AvgIpc) is 2.99. The molecule has 1 aliphatic carbocycles. The summed E-state index contributed by atoms with van der Waals surface area (Å²) in [5, 5.41) is 12.0. The molecule has 0 atom stereocenters. The number of Topliss-reactive ketones (excluding diaryl/α,β-unsaturated/α-hetero) is 1. The molecule has 1 fully saturated rings. The standard InChI is InChI=1S/C29H37N5O3/c1-29(2,3)25(35)18-33-24-17-11-8-14-21(24)27(20-12-6-5-7-13-20)32-34(28(33)37)19-26(36)31-23-16-10-9-15-22(23)30-4/h8-11,14-17,20,30H,5-7,12-13,18-19H2,1-4H3,(H,31,36). The van der Waals surface area contributed by atoms with Crippen LogP contribution in [0.2, 0.25) is 0 Å². The average molecular weight is 504 g/mol. The van der Waals surface area contributed by atoms with E-state index in [-0.39, 0.29) is 30.7 Å². The summed E-state index contributed by atoms with van der Waals surface area (Å²) in [5.41, 5.74) is 3.11. The molecule has 2 N–H and O–H groups in total. The van der Waals surface area contributed by atoms with Crippen molar-refractivity contribution in [2.45, 2.75) is 52.9 Å². The zero-order valence-electron chi connectivity index (χ0n) is 22.2. The molecule has 1 saturated carbocycles. The number of nitrogens with one attached hydrogen (secondary N) is 2. The number of anilines is 3. The van der Waals surface area contributed by atoms with Gasteiger partial charge in [0.1, 0.15) is 6.54 Å². The number of amides is 3. The number of benzene rings is 2. The second-order valence-corrected chi connectivity index (χ2v) is 10.8. The molecule has 37 heavy (non-hydrogen) atoms. The molecule has 2 aromatic carbocycles. The van der Waals surface area contributed by atoms with E-state index in [1.54, 1.807) is 13.1 Å². The fourth-order valence-electron chi connectivity index (χ4n) is 4.84. The normalized spacial score (nSPS) is 16.5. The number of carbonyl (C=O) groups is 3. The summed E-state index contributed by atoms with van der Waals surface area (Å²) in [7, 11) is 1.78. The van der Waals surface area contributed by atoms with Crippen LogP contribution in [0.25, 0.3) is 0 Å². The van der Waals surface area contributed by atoms with E-state index in [1.807, 2.05) is 63.2 Å². The Bertz CT molecular complexity index is 1190. The number of nitrogens with zero attached hydrogens (tertiary/aromatic N) is 3. The van der Waals surface area contributed by atoms with E-state index in [9.17, 15) is 14.4 Å². The van der Waals surface area contributed by atoms with E-state index >= 15 is 0 Å². The molecule has 1 aliphatic heterocycles. The molecule has 2 aromatic rings. The van der Waals surface area contributed by atoms with E-state index in [4.69, 9.17) is 5.10 Å². The second-order valence-electron chi connectivity index (χ2n) is 10.8. The molecule has 8 heteroatoms. The van der Waals surface area contributed by atoms with Crippen molar-refractivity contribution in [3.8, 4) is 0 Å². The molecule has 1 heterocycles. The van der Waals surface area contributed by atoms with Gasteiger partial charge in [0.15, 0.2) is 5.78 Å². The Kier molecular flexibility index (Phi) is 7.95. The topological polar surface area (TPSA) is 94.1 Å². The minimum Gasteiger partial charge on any atom is -0.386 e. The number of hydrogen-bond acceptors (Lipinski definition) is 5. The lowest BCUT2D eigenvalue weighted by Crippen LogP contribution is -2.47. The highest BCUT2D eigenvalue weighted by atomic mass is 16.2. The van der Waals surface area contributed by atoms with Gasteiger partial charge in [0.2, 0.25) is 5.91 Å². The molecule has 0 bridgehead atoms. The van der Waals surface area contributed by atoms with Crippen molar-refractivity contribution >= 4 is 40.5 Å². The largest absolute Gasteiger partial charge is 0.386 e. The molecule has 3 amide bonds. The zero-order valence-corrected chi connectivity index (χ0v) is 22.2. The molecule has 0 aromatic heterocycles. The number of urea groups is 1. The van der Waals surface area contributed by atoms with Gasteiger partial charge < -0.3 is 10.6 Å². The Morgan fingerprint density at radius 1 is 0.946 bits per heavy atom. The number of carbonyl (C=O) groups excluding carboxylic acids is 3. The van der Waals surface area contributed by atoms with Crippen LogP contribution in [0.3, 0.4) is 0 Å². The fraction of sp³-hybridized carbons (Fsp3) is 0.448. The molecule has 0 spiro atoms. The summed E-state index contributed by atoms with van der Waals surface area (Å²) in [4.78, 5) is 41.6. The molecular formula is C29H37N5O3. The lowest BCUT2D eigenvalue weighted by atomic mass is 9.83. The van der Waals surface area contributed by atoms with Crippen LogP contribution in [0, 0.1) is 11.3 Å². The van der Waals surface area contributed by atoms with Gasteiger partial charge in [0.25, 0.3) is 0 Å². The maximum absolute atomic E-state index is 13.9. The first-order valence-corrected chi connectivity index (χ1v) is 13.1. The highest BCUT2D eigenvalue weighted by Gasteiger charge is 2.36. The summed E-state index contributed by atoms with van der Waals surface area (Å²) in [6.07, 6.45) is 5.36. The van der Waals surface area contributed by atoms with E-state index in [2.05, 4.69) is 10.6 Å². The fourth-order valence-corrected chi connectivity index (χ4v) is 4.84. The molecule has 0 radical (unpaired) electrons. The summed E-state index contributed by atoms with van der Waals surface area (Å²) >= 11 is 0. The van der Waals surface area contributed by atoms with Crippen LogP contribution in [-0.4, -0.2) is 48.6 Å². The minimum absolute atomic E-state index is 0.0656. The smallest absolute Gasteiger partial charge is 0.345 e. The van der Waals surface area contributed by atoms with Gasteiger partial charge in [0, 0.05) is 23.9 Å². The Morgan fingerprint density at radius 3 is 2.27 bits per heavy atom. The van der Waals surface area contributed by atoms with Crippen LogP contribution >= 0.6 is 0 Å². The Morgan fingerprint density at radius 2 is 1.59 bits per heavy atom. The van der Waals surface area contributed by atoms with Crippen molar-refractivity contribution in [2.75, 3.05) is 35.7 Å². The van der Waals surface area contributed by atoms with Gasteiger partial charge in [-0.1, -0.05) is 70.4 Å². The third-order valence-corrected chi connectivity index (χ3v) is 7.04. The molecule has 2 aliphatic rings. The van der Waals surface area contributed by atoms with Gasteiger partial charge in [-0.2, -0.15) is 5.10 Å². The third kappa shape index (κ3) is 6.01. The number of rotatable bonds is 7. The molecule has 0 unspecified atom stereocenters. The van der Waals surface area contributed by atoms with Crippen molar-refractivity contribution < 1.29 is 14.4 Å². The van der Waals surface area contributed by atoms with Gasteiger partial charge in [-0.15, -0.1) is 0 Å². The first-order valence-electron chi connectivity index (χ1n) is 13.1. The van der Waals surface area contributed by atoms with Crippen molar-refractivity contribution in [2.24, 2.45) is 16.4 Å². The van der Waals surface area contributed by atoms with Crippen LogP contribution in [0.5, 0.6) is 0 Å². The first-order chi connectivity index (χ1) is 17.7. The van der Waals surface area contributed by atoms with Crippen molar-refractivity contribution in [3.05, 3.63) is 54.1 Å². The van der Waals surface area contributed by atoms with Gasteiger partial charge >= 0.3 is 6.03 Å². The van der Waals surface area contributed by atoms with E-state index in [1.165, 1.54) is 16.3 Å². The van der Waals surface area contributed by atoms with Crippen LogP contribution in [-0.2, 0) is 9.59 Å². The van der Waals surface area contributed by atoms with E-state index < -0.39 is 11.4 Å². The van der Waals surface area contributed by atoms with Crippen LogP contribution in [0.15, 0.2) is 53.6 Å². The molecular weight excluding hydrogens is 466 g/mol.